The zero-order valence-corrected chi connectivity index (χ0v) is 4.42. The zero-order chi connectivity index (χ0) is 6.24. The second-order valence-electron chi connectivity index (χ2n) is 1.04. The standard InChI is InChI=1S/C7H6O/c1-2-3-4-5-6-7-8/h3-6H,1H2/b5-4-. The van der Waals surface area contributed by atoms with Crippen LogP contribution in [0.25, 0.3) is 0 Å². The van der Waals surface area contributed by atoms with Crippen molar-refractivity contribution in [2.45, 2.75) is 0 Å². The summed E-state index contributed by atoms with van der Waals surface area (Å²) in [4.78, 5) is 9.49. The zero-order valence-electron chi connectivity index (χ0n) is 4.42. The first-order chi connectivity index (χ1) is 3.91. The molecule has 0 rings (SSSR count). The maximum Gasteiger partial charge on any atom is 0.124 e. The lowest BCUT2D eigenvalue weighted by Crippen LogP contribution is -1.46. The maximum atomic E-state index is 9.49. The lowest BCUT2D eigenvalue weighted by atomic mass is 10.5. The molecule has 0 unspecified atom stereocenters. The predicted octanol–water partition coefficient (Wildman–Crippen LogP) is 1.27. The molecule has 0 heterocycles. The molecule has 8 heavy (non-hydrogen) atoms. The molecule has 0 aromatic heterocycles. The molecule has 0 aliphatic rings. The molecule has 0 N–H and O–H groups in total. The summed E-state index contributed by atoms with van der Waals surface area (Å²) in [7, 11) is 0. The van der Waals surface area contributed by atoms with Crippen LogP contribution < -0.4 is 0 Å². The average Bonchev–Trinajstić information content (AvgIpc) is 1.81. The molecular formula is C7H6O. The van der Waals surface area contributed by atoms with E-state index in [9.17, 15) is 4.79 Å². The van der Waals surface area contributed by atoms with Gasteiger partial charge in [0.15, 0.2) is 0 Å². The van der Waals surface area contributed by atoms with Gasteiger partial charge in [-0.15, -0.1) is 5.73 Å². The third-order valence-corrected chi connectivity index (χ3v) is 0.489. The lowest BCUT2D eigenvalue weighted by molar-refractivity contribution is 0.569. The van der Waals surface area contributed by atoms with Crippen LogP contribution in [0.1, 0.15) is 0 Å². The Hall–Kier alpha value is -1.29. The topological polar surface area (TPSA) is 17.1 Å². The summed E-state index contributed by atoms with van der Waals surface area (Å²) in [6, 6.07) is 0. The summed E-state index contributed by atoms with van der Waals surface area (Å²) in [6.07, 6.45) is 6.09. The minimum atomic E-state index is 1.27. The Morgan fingerprint density at radius 2 is 1.88 bits per heavy atom. The summed E-state index contributed by atoms with van der Waals surface area (Å²) in [5.41, 5.74) is 2.51. The first-order valence-electron chi connectivity index (χ1n) is 2.14. The van der Waals surface area contributed by atoms with Gasteiger partial charge in [-0.05, 0) is 6.08 Å². The first kappa shape index (κ1) is 6.71. The fourth-order valence-electron chi connectivity index (χ4n) is 0.218. The van der Waals surface area contributed by atoms with Gasteiger partial charge < -0.3 is 0 Å². The number of carbonyl (C=O) groups excluding carboxylic acids is 1. The van der Waals surface area contributed by atoms with Gasteiger partial charge in [0.1, 0.15) is 5.94 Å². The molecule has 0 saturated heterocycles. The molecular weight excluding hydrogens is 100 g/mol. The summed E-state index contributed by atoms with van der Waals surface area (Å²) in [5.74, 6) is 1.60. The van der Waals surface area contributed by atoms with E-state index in [-0.39, 0.29) is 0 Å². The highest BCUT2D eigenvalue weighted by molar-refractivity contribution is 5.48. The van der Waals surface area contributed by atoms with Crippen LogP contribution >= 0.6 is 0 Å². The quantitative estimate of drug-likeness (QED) is 0.294. The molecule has 0 bridgehead atoms. The van der Waals surface area contributed by atoms with Crippen molar-refractivity contribution in [3.63, 3.8) is 0 Å². The van der Waals surface area contributed by atoms with Gasteiger partial charge >= 0.3 is 0 Å². The fourth-order valence-corrected chi connectivity index (χ4v) is 0.218. The first-order valence-corrected chi connectivity index (χ1v) is 2.14. The number of hydrogen-bond acceptors (Lipinski definition) is 1. The largest absolute Gasteiger partial charge is 0.234 e. The summed E-state index contributed by atoms with van der Waals surface area (Å²) < 4.78 is 0. The minimum Gasteiger partial charge on any atom is -0.234 e. The third kappa shape index (κ3) is 4.71. The van der Waals surface area contributed by atoms with Crippen molar-refractivity contribution in [1.29, 1.82) is 0 Å². The molecule has 0 aromatic rings. The Labute approximate surface area is 48.3 Å². The van der Waals surface area contributed by atoms with Crippen LogP contribution in [0.2, 0.25) is 0 Å². The van der Waals surface area contributed by atoms with Crippen molar-refractivity contribution in [3.8, 4) is 0 Å². The molecule has 0 saturated carbocycles. The molecule has 1 nitrogen and oxygen atoms in total. The van der Waals surface area contributed by atoms with Crippen molar-refractivity contribution in [1.82, 2.24) is 0 Å². The van der Waals surface area contributed by atoms with Crippen LogP contribution in [0.3, 0.4) is 0 Å². The van der Waals surface area contributed by atoms with Crippen LogP contribution in [0, 0.1) is 0 Å². The second-order valence-corrected chi connectivity index (χ2v) is 1.04. The molecule has 0 fully saturated rings. The SMILES string of the molecule is C=C=C/C=C\C=C=O. The van der Waals surface area contributed by atoms with Crippen molar-refractivity contribution in [2.24, 2.45) is 0 Å². The van der Waals surface area contributed by atoms with Crippen LogP contribution in [-0.2, 0) is 4.79 Å². The van der Waals surface area contributed by atoms with E-state index in [0.29, 0.717) is 0 Å². The highest BCUT2D eigenvalue weighted by Gasteiger charge is 1.54. The van der Waals surface area contributed by atoms with Crippen LogP contribution in [0.4, 0.5) is 0 Å². The van der Waals surface area contributed by atoms with E-state index in [2.05, 4.69) is 12.3 Å². The monoisotopic (exact) mass is 106 g/mol. The van der Waals surface area contributed by atoms with Gasteiger partial charge in [0.05, 0.1) is 0 Å². The van der Waals surface area contributed by atoms with Gasteiger partial charge in [-0.2, -0.15) is 0 Å². The van der Waals surface area contributed by atoms with Crippen LogP contribution in [0.5, 0.6) is 0 Å². The van der Waals surface area contributed by atoms with E-state index in [4.69, 9.17) is 0 Å². The van der Waals surface area contributed by atoms with E-state index in [1.165, 1.54) is 6.08 Å². The van der Waals surface area contributed by atoms with E-state index in [1.807, 2.05) is 0 Å². The predicted molar refractivity (Wildman–Crippen MR) is 33.1 cm³/mol. The van der Waals surface area contributed by atoms with Gasteiger partial charge in [0.2, 0.25) is 0 Å². The van der Waals surface area contributed by atoms with Crippen LogP contribution in [0.15, 0.2) is 36.6 Å². The Balaban J connectivity index is 3.66. The van der Waals surface area contributed by atoms with Gasteiger partial charge in [-0.25, -0.2) is 4.79 Å². The summed E-state index contributed by atoms with van der Waals surface area (Å²) in [5, 5.41) is 0. The van der Waals surface area contributed by atoms with Gasteiger partial charge in [-0.1, -0.05) is 18.7 Å². The Kier molecular flexibility index (Phi) is 4.79. The van der Waals surface area contributed by atoms with Crippen molar-refractivity contribution < 1.29 is 4.79 Å². The molecule has 0 spiro atoms. The Morgan fingerprint density at radius 1 is 1.25 bits per heavy atom. The smallest absolute Gasteiger partial charge is 0.124 e. The molecule has 40 valence electrons. The highest BCUT2D eigenvalue weighted by Crippen LogP contribution is 1.71. The van der Waals surface area contributed by atoms with Gasteiger partial charge in [-0.3, -0.25) is 0 Å². The Bertz CT molecular complexity index is 145. The Morgan fingerprint density at radius 3 is 2.38 bits per heavy atom. The average molecular weight is 106 g/mol. The molecule has 1 heteroatoms. The number of allylic oxidation sites excluding steroid dienone is 4. The molecule has 0 aromatic carbocycles. The lowest BCUT2D eigenvalue weighted by Gasteiger charge is -1.60. The summed E-state index contributed by atoms with van der Waals surface area (Å²) >= 11 is 0. The summed E-state index contributed by atoms with van der Waals surface area (Å²) in [6.45, 7) is 3.31. The van der Waals surface area contributed by atoms with E-state index in [0.717, 1.165) is 0 Å². The molecule has 0 radical (unpaired) electrons. The highest BCUT2D eigenvalue weighted by atomic mass is 16.1. The van der Waals surface area contributed by atoms with E-state index in [1.54, 1.807) is 24.2 Å². The fraction of sp³-hybridized carbons (Fsp3) is 0. The minimum absolute atomic E-state index is 1.27. The van der Waals surface area contributed by atoms with Crippen molar-refractivity contribution in [3.05, 3.63) is 36.6 Å². The third-order valence-electron chi connectivity index (χ3n) is 0.489. The normalized spacial score (nSPS) is 7.50. The van der Waals surface area contributed by atoms with E-state index < -0.39 is 0 Å². The molecule has 0 aliphatic heterocycles. The molecule has 0 amide bonds. The second kappa shape index (κ2) is 5.71. The van der Waals surface area contributed by atoms with E-state index >= 15 is 0 Å². The molecule has 0 aliphatic carbocycles. The van der Waals surface area contributed by atoms with Gasteiger partial charge in [0.25, 0.3) is 0 Å². The molecule has 0 atom stereocenters. The van der Waals surface area contributed by atoms with Crippen LogP contribution in [-0.4, -0.2) is 5.94 Å². The van der Waals surface area contributed by atoms with Crippen molar-refractivity contribution in [2.75, 3.05) is 0 Å². The number of rotatable bonds is 2. The number of hydrogen-bond donors (Lipinski definition) is 0. The maximum absolute atomic E-state index is 9.49. The van der Waals surface area contributed by atoms with Crippen molar-refractivity contribution >= 4 is 5.94 Å². The van der Waals surface area contributed by atoms with Gasteiger partial charge in [0, 0.05) is 6.08 Å².